The van der Waals surface area contributed by atoms with Crippen LogP contribution >= 0.6 is 12.6 Å². The maximum Gasteiger partial charge on any atom is 0.273 e. The maximum absolute atomic E-state index is 5.38. The highest BCUT2D eigenvalue weighted by Crippen LogP contribution is 1.98. The number of thiol groups is 1. The standard InChI is InChI=1S/C9H22O4SSi/c1-3-10-9(11-4-2)12-8-13-15-7-5-6-14/h9,14H,3-8,15H2,1-2H3. The first-order valence-corrected chi connectivity index (χ1v) is 7.59. The van der Waals surface area contributed by atoms with E-state index in [2.05, 4.69) is 12.6 Å². The van der Waals surface area contributed by atoms with Gasteiger partial charge in [-0.3, -0.25) is 0 Å². The minimum atomic E-state index is -0.584. The average Bonchev–Trinajstić information content (AvgIpc) is 2.24. The fraction of sp³-hybridized carbons (Fsp3) is 1.00. The largest absolute Gasteiger partial charge is 0.402 e. The first-order chi connectivity index (χ1) is 7.35. The smallest absolute Gasteiger partial charge is 0.273 e. The number of hydrogen-bond acceptors (Lipinski definition) is 5. The molecule has 0 radical (unpaired) electrons. The monoisotopic (exact) mass is 254 g/mol. The lowest BCUT2D eigenvalue weighted by Crippen LogP contribution is -2.23. The third-order valence-electron chi connectivity index (χ3n) is 1.59. The second-order valence-electron chi connectivity index (χ2n) is 2.82. The van der Waals surface area contributed by atoms with Crippen LogP contribution in [0.4, 0.5) is 0 Å². The third-order valence-corrected chi connectivity index (χ3v) is 3.15. The molecular weight excluding hydrogens is 232 g/mol. The van der Waals surface area contributed by atoms with E-state index in [1.165, 1.54) is 0 Å². The molecule has 15 heavy (non-hydrogen) atoms. The van der Waals surface area contributed by atoms with Crippen molar-refractivity contribution in [3.63, 3.8) is 0 Å². The molecule has 0 aliphatic carbocycles. The van der Waals surface area contributed by atoms with Gasteiger partial charge < -0.3 is 18.6 Å². The Balaban J connectivity index is 3.28. The van der Waals surface area contributed by atoms with Crippen LogP contribution in [0.5, 0.6) is 0 Å². The molecule has 0 aromatic rings. The fourth-order valence-corrected chi connectivity index (χ4v) is 2.41. The van der Waals surface area contributed by atoms with Crippen molar-refractivity contribution in [2.24, 2.45) is 0 Å². The van der Waals surface area contributed by atoms with Gasteiger partial charge in [0.1, 0.15) is 6.79 Å². The number of rotatable bonds is 11. The zero-order chi connectivity index (χ0) is 11.4. The van der Waals surface area contributed by atoms with Crippen LogP contribution < -0.4 is 0 Å². The lowest BCUT2D eigenvalue weighted by atomic mass is 10.6. The quantitative estimate of drug-likeness (QED) is 0.260. The first kappa shape index (κ1) is 15.4. The normalized spacial score (nSPS) is 12.0. The van der Waals surface area contributed by atoms with Crippen molar-refractivity contribution in [3.8, 4) is 0 Å². The molecule has 4 nitrogen and oxygen atoms in total. The molecule has 0 aromatic heterocycles. The number of ether oxygens (including phenoxy) is 3. The van der Waals surface area contributed by atoms with E-state index in [1.807, 2.05) is 13.8 Å². The van der Waals surface area contributed by atoms with Gasteiger partial charge in [0.15, 0.2) is 9.76 Å². The van der Waals surface area contributed by atoms with Crippen LogP contribution in [0.15, 0.2) is 0 Å². The average molecular weight is 254 g/mol. The van der Waals surface area contributed by atoms with Gasteiger partial charge in [-0.25, -0.2) is 0 Å². The molecule has 0 N–H and O–H groups in total. The van der Waals surface area contributed by atoms with Gasteiger partial charge >= 0.3 is 0 Å². The zero-order valence-electron chi connectivity index (χ0n) is 9.61. The molecule has 0 heterocycles. The summed E-state index contributed by atoms with van der Waals surface area (Å²) < 4.78 is 21.0. The molecular formula is C9H22O4SSi. The van der Waals surface area contributed by atoms with E-state index in [-0.39, 0.29) is 6.79 Å². The summed E-state index contributed by atoms with van der Waals surface area (Å²) in [6.07, 6.45) is 1.12. The molecule has 0 atom stereocenters. The summed E-state index contributed by atoms with van der Waals surface area (Å²) in [5.74, 6) is 0.928. The van der Waals surface area contributed by atoms with E-state index in [9.17, 15) is 0 Å². The summed E-state index contributed by atoms with van der Waals surface area (Å²) in [5.41, 5.74) is 0. The molecule has 0 bridgehead atoms. The van der Waals surface area contributed by atoms with Gasteiger partial charge in [0, 0.05) is 13.2 Å². The van der Waals surface area contributed by atoms with Gasteiger partial charge in [0.05, 0.1) is 0 Å². The highest BCUT2D eigenvalue weighted by molar-refractivity contribution is 7.80. The van der Waals surface area contributed by atoms with Crippen LogP contribution in [-0.2, 0) is 18.6 Å². The van der Waals surface area contributed by atoms with E-state index in [1.54, 1.807) is 0 Å². The van der Waals surface area contributed by atoms with Crippen molar-refractivity contribution in [1.82, 2.24) is 0 Å². The Bertz CT molecular complexity index is 123. The second kappa shape index (κ2) is 12.5. The summed E-state index contributed by atoms with van der Waals surface area (Å²) in [6.45, 7) is 4.63. The Morgan fingerprint density at radius 2 is 1.80 bits per heavy atom. The van der Waals surface area contributed by atoms with Crippen molar-refractivity contribution in [2.45, 2.75) is 32.8 Å². The van der Waals surface area contributed by atoms with Crippen molar-refractivity contribution in [1.29, 1.82) is 0 Å². The first-order valence-electron chi connectivity index (χ1n) is 5.38. The molecule has 0 rings (SSSR count). The van der Waals surface area contributed by atoms with E-state index >= 15 is 0 Å². The van der Waals surface area contributed by atoms with Gasteiger partial charge in [-0.05, 0) is 32.1 Å². The molecule has 0 unspecified atom stereocenters. The third kappa shape index (κ3) is 10.7. The van der Waals surface area contributed by atoms with Crippen LogP contribution in [0, 0.1) is 0 Å². The van der Waals surface area contributed by atoms with E-state index in [4.69, 9.17) is 18.6 Å². The van der Waals surface area contributed by atoms with Gasteiger partial charge in [0.25, 0.3) is 6.48 Å². The summed E-state index contributed by atoms with van der Waals surface area (Å²) >= 11 is 4.13. The minimum absolute atomic E-state index is 0.267. The summed E-state index contributed by atoms with van der Waals surface area (Å²) in [7, 11) is -0.456. The molecule has 0 aliphatic rings. The Labute approximate surface area is 100.0 Å². The van der Waals surface area contributed by atoms with Gasteiger partial charge in [0.2, 0.25) is 0 Å². The summed E-state index contributed by atoms with van der Waals surface area (Å²) in [6, 6.07) is 1.14. The molecule has 0 saturated carbocycles. The Morgan fingerprint density at radius 1 is 1.13 bits per heavy atom. The SMILES string of the molecule is CCOC(OCC)OCO[SiH2]CCCS. The van der Waals surface area contributed by atoms with Crippen LogP contribution in [0.2, 0.25) is 6.04 Å². The lowest BCUT2D eigenvalue weighted by Gasteiger charge is -2.16. The highest BCUT2D eigenvalue weighted by Gasteiger charge is 2.06. The van der Waals surface area contributed by atoms with Crippen LogP contribution in [0.3, 0.4) is 0 Å². The Morgan fingerprint density at radius 3 is 2.33 bits per heavy atom. The molecule has 6 heteroatoms. The Hall–Kier alpha value is 0.407. The van der Waals surface area contributed by atoms with Crippen molar-refractivity contribution < 1.29 is 18.6 Å². The molecule has 0 amide bonds. The van der Waals surface area contributed by atoms with Gasteiger partial charge in [-0.2, -0.15) is 12.6 Å². The van der Waals surface area contributed by atoms with Crippen molar-refractivity contribution in [2.75, 3.05) is 25.8 Å². The zero-order valence-corrected chi connectivity index (χ0v) is 11.9. The maximum atomic E-state index is 5.38. The fourth-order valence-electron chi connectivity index (χ4n) is 0.895. The van der Waals surface area contributed by atoms with Crippen molar-refractivity contribution in [3.05, 3.63) is 0 Å². The minimum Gasteiger partial charge on any atom is -0.402 e. The van der Waals surface area contributed by atoms with Crippen LogP contribution in [0.1, 0.15) is 20.3 Å². The van der Waals surface area contributed by atoms with E-state index in [0.717, 1.165) is 18.2 Å². The van der Waals surface area contributed by atoms with Crippen LogP contribution in [0.25, 0.3) is 0 Å². The van der Waals surface area contributed by atoms with E-state index < -0.39 is 16.2 Å². The lowest BCUT2D eigenvalue weighted by molar-refractivity contribution is -0.301. The second-order valence-corrected chi connectivity index (χ2v) is 4.79. The Kier molecular flexibility index (Phi) is 12.8. The highest BCUT2D eigenvalue weighted by atomic mass is 32.1. The van der Waals surface area contributed by atoms with Gasteiger partial charge in [-0.1, -0.05) is 0 Å². The summed E-state index contributed by atoms with van der Waals surface area (Å²) in [5, 5.41) is 0. The summed E-state index contributed by atoms with van der Waals surface area (Å²) in [4.78, 5) is 0. The molecule has 0 aliphatic heterocycles. The predicted octanol–water partition coefficient (Wildman–Crippen LogP) is 1.16. The number of hydrogen-bond donors (Lipinski definition) is 1. The predicted molar refractivity (Wildman–Crippen MR) is 65.9 cm³/mol. The van der Waals surface area contributed by atoms with Gasteiger partial charge in [-0.15, -0.1) is 0 Å². The molecule has 0 aromatic carbocycles. The topological polar surface area (TPSA) is 36.9 Å². The molecule has 0 saturated heterocycles. The van der Waals surface area contributed by atoms with Crippen molar-refractivity contribution >= 4 is 22.4 Å². The molecule has 0 spiro atoms. The molecule has 92 valence electrons. The van der Waals surface area contributed by atoms with Crippen LogP contribution in [-0.4, -0.2) is 42.0 Å². The van der Waals surface area contributed by atoms with E-state index in [0.29, 0.717) is 13.2 Å². The molecule has 0 fully saturated rings.